The molecule has 0 fully saturated rings. The van der Waals surface area contributed by atoms with Gasteiger partial charge in [0.2, 0.25) is 0 Å². The smallest absolute Gasteiger partial charge is 0.00339 e. The van der Waals surface area contributed by atoms with Crippen molar-refractivity contribution in [2.75, 3.05) is 5.33 Å². The van der Waals surface area contributed by atoms with Gasteiger partial charge in [-0.15, -0.1) is 6.58 Å². The first-order valence-electron chi connectivity index (χ1n) is 5.02. The second kappa shape index (κ2) is 9.31. The van der Waals surface area contributed by atoms with Crippen molar-refractivity contribution >= 4 is 15.9 Å². The normalized spacial score (nSPS) is 12.8. The molecule has 0 aromatic rings. The Bertz CT molecular complexity index is 99.2. The Hall–Kier alpha value is 0.220. The summed E-state index contributed by atoms with van der Waals surface area (Å²) in [7, 11) is 0. The molecule has 72 valence electrons. The predicted octanol–water partition coefficient (Wildman–Crippen LogP) is 4.54. The molecule has 0 aromatic carbocycles. The zero-order chi connectivity index (χ0) is 9.23. The molecule has 0 saturated carbocycles. The average Bonchev–Trinajstić information content (AvgIpc) is 2.10. The van der Waals surface area contributed by atoms with Crippen LogP contribution in [0, 0.1) is 5.92 Å². The Kier molecular flexibility index (Phi) is 9.48. The van der Waals surface area contributed by atoms with Gasteiger partial charge in [-0.3, -0.25) is 0 Å². The van der Waals surface area contributed by atoms with Crippen molar-refractivity contribution in [3.63, 3.8) is 0 Å². The van der Waals surface area contributed by atoms with Gasteiger partial charge in [-0.1, -0.05) is 48.2 Å². The summed E-state index contributed by atoms with van der Waals surface area (Å²) in [6.07, 6.45) is 9.97. The van der Waals surface area contributed by atoms with Gasteiger partial charge < -0.3 is 0 Å². The highest BCUT2D eigenvalue weighted by molar-refractivity contribution is 9.09. The largest absolute Gasteiger partial charge is 0.103 e. The number of halogens is 1. The van der Waals surface area contributed by atoms with E-state index in [1.165, 1.54) is 38.5 Å². The summed E-state index contributed by atoms with van der Waals surface area (Å²) >= 11 is 3.50. The maximum absolute atomic E-state index is 3.73. The van der Waals surface area contributed by atoms with E-state index in [1.54, 1.807) is 0 Å². The van der Waals surface area contributed by atoms with Crippen LogP contribution in [-0.2, 0) is 0 Å². The van der Waals surface area contributed by atoms with Crippen LogP contribution in [0.4, 0.5) is 0 Å². The number of allylic oxidation sites excluding steroid dienone is 1. The zero-order valence-electron chi connectivity index (χ0n) is 8.19. The van der Waals surface area contributed by atoms with Crippen molar-refractivity contribution in [2.45, 2.75) is 45.4 Å². The van der Waals surface area contributed by atoms with E-state index in [1.807, 2.05) is 6.08 Å². The first kappa shape index (κ1) is 12.2. The van der Waals surface area contributed by atoms with Crippen LogP contribution >= 0.6 is 15.9 Å². The van der Waals surface area contributed by atoms with Gasteiger partial charge in [-0.2, -0.15) is 0 Å². The lowest BCUT2D eigenvalue weighted by Gasteiger charge is -2.11. The van der Waals surface area contributed by atoms with Crippen LogP contribution in [0.15, 0.2) is 12.7 Å². The molecule has 1 unspecified atom stereocenters. The van der Waals surface area contributed by atoms with E-state index in [0.29, 0.717) is 0 Å². The molecule has 0 aliphatic rings. The fraction of sp³-hybridized carbons (Fsp3) is 0.818. The van der Waals surface area contributed by atoms with Crippen molar-refractivity contribution in [3.8, 4) is 0 Å². The summed E-state index contributed by atoms with van der Waals surface area (Å²) in [4.78, 5) is 0. The molecule has 0 heterocycles. The number of unbranched alkanes of at least 4 members (excludes halogenated alkanes) is 2. The summed E-state index contributed by atoms with van der Waals surface area (Å²) in [6, 6.07) is 0. The van der Waals surface area contributed by atoms with Gasteiger partial charge in [0.15, 0.2) is 0 Å². The van der Waals surface area contributed by atoms with Crippen LogP contribution in [0.1, 0.15) is 45.4 Å². The third-order valence-corrected chi connectivity index (χ3v) is 2.82. The quantitative estimate of drug-likeness (QED) is 0.328. The van der Waals surface area contributed by atoms with Crippen LogP contribution in [0.25, 0.3) is 0 Å². The SMILES string of the molecule is C=CCCCCC(CC)CCBr. The molecule has 0 radical (unpaired) electrons. The van der Waals surface area contributed by atoms with E-state index in [9.17, 15) is 0 Å². The van der Waals surface area contributed by atoms with Gasteiger partial charge in [0.1, 0.15) is 0 Å². The van der Waals surface area contributed by atoms with Gasteiger partial charge in [-0.25, -0.2) is 0 Å². The molecule has 0 aromatic heterocycles. The molecule has 1 heteroatoms. The van der Waals surface area contributed by atoms with Crippen molar-refractivity contribution < 1.29 is 0 Å². The average molecular weight is 233 g/mol. The van der Waals surface area contributed by atoms with E-state index in [4.69, 9.17) is 0 Å². The van der Waals surface area contributed by atoms with Crippen LogP contribution in [0.3, 0.4) is 0 Å². The van der Waals surface area contributed by atoms with Gasteiger partial charge in [0.25, 0.3) is 0 Å². The molecular weight excluding hydrogens is 212 g/mol. The van der Waals surface area contributed by atoms with Crippen molar-refractivity contribution in [1.29, 1.82) is 0 Å². The predicted molar refractivity (Wildman–Crippen MR) is 60.9 cm³/mol. The fourth-order valence-electron chi connectivity index (χ4n) is 1.43. The molecule has 0 aliphatic carbocycles. The Morgan fingerprint density at radius 3 is 2.58 bits per heavy atom. The summed E-state index contributed by atoms with van der Waals surface area (Å²) in [5.41, 5.74) is 0. The molecule has 0 spiro atoms. The van der Waals surface area contributed by atoms with Gasteiger partial charge in [-0.05, 0) is 25.2 Å². The highest BCUT2D eigenvalue weighted by atomic mass is 79.9. The van der Waals surface area contributed by atoms with Crippen LogP contribution in [-0.4, -0.2) is 5.33 Å². The van der Waals surface area contributed by atoms with Crippen molar-refractivity contribution in [1.82, 2.24) is 0 Å². The number of rotatable bonds is 8. The Balaban J connectivity index is 3.24. The second-order valence-electron chi connectivity index (χ2n) is 3.33. The lowest BCUT2D eigenvalue weighted by molar-refractivity contribution is 0.439. The molecule has 0 N–H and O–H groups in total. The van der Waals surface area contributed by atoms with Crippen LogP contribution < -0.4 is 0 Å². The number of hydrogen-bond acceptors (Lipinski definition) is 0. The third-order valence-electron chi connectivity index (χ3n) is 2.37. The molecule has 0 saturated heterocycles. The molecular formula is C11H21Br. The molecule has 0 bridgehead atoms. The summed E-state index contributed by atoms with van der Waals surface area (Å²) < 4.78 is 0. The Morgan fingerprint density at radius 2 is 2.08 bits per heavy atom. The van der Waals surface area contributed by atoms with Crippen LogP contribution in [0.5, 0.6) is 0 Å². The molecule has 0 rings (SSSR count). The third kappa shape index (κ3) is 6.90. The monoisotopic (exact) mass is 232 g/mol. The molecule has 0 amide bonds. The van der Waals surface area contributed by atoms with E-state index in [0.717, 1.165) is 11.2 Å². The lowest BCUT2D eigenvalue weighted by atomic mass is 9.96. The number of hydrogen-bond donors (Lipinski definition) is 0. The van der Waals surface area contributed by atoms with E-state index >= 15 is 0 Å². The summed E-state index contributed by atoms with van der Waals surface area (Å²) in [5, 5.41) is 1.16. The minimum absolute atomic E-state index is 0.939. The van der Waals surface area contributed by atoms with Crippen LogP contribution in [0.2, 0.25) is 0 Å². The Morgan fingerprint density at radius 1 is 1.33 bits per heavy atom. The first-order chi connectivity index (χ1) is 5.85. The lowest BCUT2D eigenvalue weighted by Crippen LogP contribution is -1.99. The fourth-order valence-corrected chi connectivity index (χ4v) is 2.08. The van der Waals surface area contributed by atoms with Gasteiger partial charge in [0.05, 0.1) is 0 Å². The highest BCUT2D eigenvalue weighted by Gasteiger charge is 2.03. The Labute approximate surface area is 85.6 Å². The summed E-state index contributed by atoms with van der Waals surface area (Å²) in [6.45, 7) is 6.02. The molecule has 12 heavy (non-hydrogen) atoms. The summed E-state index contributed by atoms with van der Waals surface area (Å²) in [5.74, 6) is 0.939. The maximum atomic E-state index is 3.73. The van der Waals surface area contributed by atoms with Gasteiger partial charge in [0, 0.05) is 5.33 Å². The molecule has 1 atom stereocenters. The topological polar surface area (TPSA) is 0 Å². The van der Waals surface area contributed by atoms with Crippen molar-refractivity contribution in [2.24, 2.45) is 5.92 Å². The maximum Gasteiger partial charge on any atom is 0.00339 e. The highest BCUT2D eigenvalue weighted by Crippen LogP contribution is 2.18. The van der Waals surface area contributed by atoms with E-state index in [2.05, 4.69) is 29.4 Å². The standard InChI is InChI=1S/C11H21Br/c1-3-5-6-7-8-11(4-2)9-10-12/h3,11H,1,4-10H2,2H3. The van der Waals surface area contributed by atoms with Gasteiger partial charge >= 0.3 is 0 Å². The molecule has 0 aliphatic heterocycles. The minimum Gasteiger partial charge on any atom is -0.103 e. The second-order valence-corrected chi connectivity index (χ2v) is 4.12. The van der Waals surface area contributed by atoms with E-state index in [-0.39, 0.29) is 0 Å². The zero-order valence-corrected chi connectivity index (χ0v) is 9.78. The molecule has 0 nitrogen and oxygen atoms in total. The number of alkyl halides is 1. The van der Waals surface area contributed by atoms with Crippen molar-refractivity contribution in [3.05, 3.63) is 12.7 Å². The first-order valence-corrected chi connectivity index (χ1v) is 6.14. The van der Waals surface area contributed by atoms with E-state index < -0.39 is 0 Å². The minimum atomic E-state index is 0.939.